The van der Waals surface area contributed by atoms with E-state index in [4.69, 9.17) is 4.74 Å². The predicted molar refractivity (Wildman–Crippen MR) is 85.3 cm³/mol. The minimum Gasteiger partial charge on any atom is -0.494 e. The van der Waals surface area contributed by atoms with Crippen LogP contribution in [0.15, 0.2) is 36.4 Å². The van der Waals surface area contributed by atoms with Crippen LogP contribution in [0.3, 0.4) is 0 Å². The van der Waals surface area contributed by atoms with Gasteiger partial charge in [0.05, 0.1) is 6.61 Å². The van der Waals surface area contributed by atoms with Crippen molar-refractivity contribution in [1.82, 2.24) is 0 Å². The molecule has 1 aliphatic heterocycles. The molecule has 0 saturated carbocycles. The van der Waals surface area contributed by atoms with Gasteiger partial charge < -0.3 is 4.74 Å². The molecule has 0 radical (unpaired) electrons. The fourth-order valence-corrected chi connectivity index (χ4v) is 3.67. The molecule has 3 rings (SSSR count). The minimum absolute atomic E-state index is 0.791. The van der Waals surface area contributed by atoms with Gasteiger partial charge in [-0.05, 0) is 35.4 Å². The quantitative estimate of drug-likeness (QED) is 0.602. The predicted octanol–water partition coefficient (Wildman–Crippen LogP) is 4.03. The summed E-state index contributed by atoms with van der Waals surface area (Å²) in [6, 6.07) is 13.0. The van der Waals surface area contributed by atoms with Crippen LogP contribution in [0.4, 0.5) is 0 Å². The van der Waals surface area contributed by atoms with Crippen LogP contribution in [-0.4, -0.2) is 17.2 Å². The van der Waals surface area contributed by atoms with Crippen molar-refractivity contribution in [2.45, 2.75) is 26.2 Å². The van der Waals surface area contributed by atoms with Gasteiger partial charge >= 0.3 is 0 Å². The first-order valence-corrected chi connectivity index (χ1v) is 8.01. The van der Waals surface area contributed by atoms with Crippen molar-refractivity contribution in [1.29, 1.82) is 0 Å². The maximum Gasteiger partial charge on any atom is 0.209 e. The van der Waals surface area contributed by atoms with Crippen molar-refractivity contribution in [2.75, 3.05) is 12.4 Å². The van der Waals surface area contributed by atoms with Crippen molar-refractivity contribution in [3.63, 3.8) is 0 Å². The molecule has 0 spiro atoms. The maximum atomic E-state index is 5.76. The SMILES string of the molecule is CCCOc1ccc2cccc(C3=[S+]CCC3)c2c1. The van der Waals surface area contributed by atoms with Crippen LogP contribution in [0.5, 0.6) is 5.75 Å². The van der Waals surface area contributed by atoms with Crippen molar-refractivity contribution < 1.29 is 4.74 Å². The lowest BCUT2D eigenvalue weighted by Gasteiger charge is -2.08. The van der Waals surface area contributed by atoms with E-state index in [2.05, 4.69) is 43.3 Å². The van der Waals surface area contributed by atoms with Gasteiger partial charge in [0.25, 0.3) is 0 Å². The first kappa shape index (κ1) is 12.6. The van der Waals surface area contributed by atoms with Crippen LogP contribution in [0, 0.1) is 0 Å². The Morgan fingerprint density at radius 1 is 1.21 bits per heavy atom. The Hall–Kier alpha value is -1.41. The fourth-order valence-electron chi connectivity index (χ4n) is 2.52. The summed E-state index contributed by atoms with van der Waals surface area (Å²) < 4.78 is 5.76. The lowest BCUT2D eigenvalue weighted by Crippen LogP contribution is -1.99. The van der Waals surface area contributed by atoms with E-state index in [-0.39, 0.29) is 0 Å². The second kappa shape index (κ2) is 5.70. The van der Waals surface area contributed by atoms with Gasteiger partial charge in [-0.25, -0.2) is 0 Å². The number of benzene rings is 2. The molecular weight excluding hydrogens is 252 g/mol. The monoisotopic (exact) mass is 271 g/mol. The van der Waals surface area contributed by atoms with E-state index in [1.807, 2.05) is 11.4 Å². The summed E-state index contributed by atoms with van der Waals surface area (Å²) in [7, 11) is 0. The highest BCUT2D eigenvalue weighted by atomic mass is 32.1. The van der Waals surface area contributed by atoms with Crippen LogP contribution >= 0.6 is 0 Å². The van der Waals surface area contributed by atoms with Gasteiger partial charge in [-0.15, -0.1) is 0 Å². The Kier molecular flexibility index (Phi) is 3.79. The third kappa shape index (κ3) is 2.64. The summed E-state index contributed by atoms with van der Waals surface area (Å²) in [5, 5.41) is 2.64. The molecule has 0 atom stereocenters. The van der Waals surface area contributed by atoms with Gasteiger partial charge in [0.1, 0.15) is 5.75 Å². The molecule has 0 aliphatic carbocycles. The van der Waals surface area contributed by atoms with Gasteiger partial charge in [-0.2, -0.15) is 0 Å². The zero-order valence-electron chi connectivity index (χ0n) is 11.3. The molecule has 1 heterocycles. The highest BCUT2D eigenvalue weighted by molar-refractivity contribution is 7.79. The average Bonchev–Trinajstić information content (AvgIpc) is 2.98. The summed E-state index contributed by atoms with van der Waals surface area (Å²) in [5.74, 6) is 2.25. The van der Waals surface area contributed by atoms with Gasteiger partial charge in [0.2, 0.25) is 4.86 Å². The molecule has 0 N–H and O–H groups in total. The molecule has 0 amide bonds. The number of hydrogen-bond acceptors (Lipinski definition) is 1. The minimum atomic E-state index is 0.791. The molecule has 2 heteroatoms. The number of hydrogen-bond donors (Lipinski definition) is 0. The highest BCUT2D eigenvalue weighted by Crippen LogP contribution is 2.26. The standard InChI is InChI=1S/C17H19OS/c1-2-10-18-14-9-8-13-5-3-6-15(16(13)12-14)17-7-4-11-19-17/h3,5-6,8-9,12H,2,4,7,10-11H2,1H3/q+1. The smallest absolute Gasteiger partial charge is 0.209 e. The van der Waals surface area contributed by atoms with Gasteiger partial charge in [-0.1, -0.05) is 25.1 Å². The molecule has 1 nitrogen and oxygen atoms in total. The van der Waals surface area contributed by atoms with E-state index in [1.165, 1.54) is 34.9 Å². The van der Waals surface area contributed by atoms with E-state index < -0.39 is 0 Å². The van der Waals surface area contributed by atoms with Crippen molar-refractivity contribution in [3.8, 4) is 5.75 Å². The molecule has 1 aliphatic rings. The third-order valence-corrected chi connectivity index (χ3v) is 4.72. The summed E-state index contributed by atoms with van der Waals surface area (Å²) in [6.07, 6.45) is 3.58. The van der Waals surface area contributed by atoms with Gasteiger partial charge in [-0.3, -0.25) is 0 Å². The fraction of sp³-hybridized carbons (Fsp3) is 0.353. The first-order valence-electron chi connectivity index (χ1n) is 7.03. The average molecular weight is 271 g/mol. The number of rotatable bonds is 4. The Bertz CT molecular complexity index is 616. The van der Waals surface area contributed by atoms with Crippen LogP contribution in [-0.2, 0) is 11.4 Å². The molecule has 19 heavy (non-hydrogen) atoms. The lowest BCUT2D eigenvalue weighted by atomic mass is 10.00. The third-order valence-electron chi connectivity index (χ3n) is 3.45. The van der Waals surface area contributed by atoms with Crippen LogP contribution < -0.4 is 4.74 Å². The lowest BCUT2D eigenvalue weighted by molar-refractivity contribution is 0.318. The Morgan fingerprint density at radius 2 is 2.16 bits per heavy atom. The van der Waals surface area contributed by atoms with E-state index >= 15 is 0 Å². The van der Waals surface area contributed by atoms with Crippen molar-refractivity contribution in [2.24, 2.45) is 0 Å². The van der Waals surface area contributed by atoms with E-state index in [9.17, 15) is 0 Å². The first-order chi connectivity index (χ1) is 9.38. The van der Waals surface area contributed by atoms with E-state index in [1.54, 1.807) is 4.86 Å². The number of fused-ring (bicyclic) bond motifs is 1. The van der Waals surface area contributed by atoms with Crippen LogP contribution in [0.25, 0.3) is 10.8 Å². The molecule has 2 aromatic carbocycles. The highest BCUT2D eigenvalue weighted by Gasteiger charge is 2.22. The molecule has 0 bridgehead atoms. The van der Waals surface area contributed by atoms with E-state index in [0.29, 0.717) is 0 Å². The zero-order valence-corrected chi connectivity index (χ0v) is 12.1. The van der Waals surface area contributed by atoms with Crippen LogP contribution in [0.1, 0.15) is 31.7 Å². The Morgan fingerprint density at radius 3 is 2.95 bits per heavy atom. The molecule has 0 unspecified atom stereocenters. The summed E-state index contributed by atoms with van der Waals surface area (Å²) >= 11 is 2.01. The van der Waals surface area contributed by atoms with Crippen molar-refractivity contribution in [3.05, 3.63) is 42.0 Å². The zero-order chi connectivity index (χ0) is 13.1. The molecule has 0 saturated heterocycles. The molecular formula is C17H19OS+. The van der Waals surface area contributed by atoms with Crippen LogP contribution in [0.2, 0.25) is 0 Å². The Labute approximate surface area is 118 Å². The summed E-state index contributed by atoms with van der Waals surface area (Å²) in [6.45, 7) is 2.93. The summed E-state index contributed by atoms with van der Waals surface area (Å²) in [4.78, 5) is 1.54. The van der Waals surface area contributed by atoms with Gasteiger partial charge in [0, 0.05) is 18.4 Å². The van der Waals surface area contributed by atoms with Crippen molar-refractivity contribution >= 4 is 27.0 Å². The molecule has 0 fully saturated rings. The maximum absolute atomic E-state index is 5.76. The Balaban J connectivity index is 2.05. The van der Waals surface area contributed by atoms with E-state index in [0.717, 1.165) is 18.8 Å². The number of ether oxygens (including phenoxy) is 1. The normalized spacial score (nSPS) is 14.7. The second-order valence-electron chi connectivity index (χ2n) is 4.91. The second-order valence-corrected chi connectivity index (χ2v) is 6.10. The topological polar surface area (TPSA) is 9.23 Å². The molecule has 0 aromatic heterocycles. The van der Waals surface area contributed by atoms with Gasteiger partial charge in [0.15, 0.2) is 17.1 Å². The summed E-state index contributed by atoms with van der Waals surface area (Å²) in [5.41, 5.74) is 1.40. The largest absolute Gasteiger partial charge is 0.494 e. The molecule has 2 aromatic rings. The molecule has 98 valence electrons.